The quantitative estimate of drug-likeness (QED) is 0.404. The average molecular weight is 372 g/mol. The van der Waals surface area contributed by atoms with Crippen molar-refractivity contribution in [2.24, 2.45) is 0 Å². The lowest BCUT2D eigenvalue weighted by Gasteiger charge is -2.08. The van der Waals surface area contributed by atoms with Crippen LogP contribution in [0.15, 0.2) is 108 Å². The van der Waals surface area contributed by atoms with Crippen molar-refractivity contribution >= 4 is 36.1 Å². The van der Waals surface area contributed by atoms with Gasteiger partial charge in [0.1, 0.15) is 0 Å². The molecule has 0 saturated carbocycles. The van der Waals surface area contributed by atoms with E-state index in [1.165, 1.54) is 16.7 Å². The maximum Gasteiger partial charge on any atom is 0.0172 e. The van der Waals surface area contributed by atoms with Crippen LogP contribution in [0.1, 0.15) is 16.7 Å². The summed E-state index contributed by atoms with van der Waals surface area (Å²) in [5.74, 6) is 6.53. The lowest BCUT2D eigenvalue weighted by Crippen LogP contribution is -1.73. The Balaban J connectivity index is 1.89. The van der Waals surface area contributed by atoms with Crippen LogP contribution < -0.4 is 0 Å². The van der Waals surface area contributed by atoms with E-state index in [4.69, 9.17) is 11.8 Å². The summed E-state index contributed by atoms with van der Waals surface area (Å²) in [6.07, 6.45) is 6.39. The van der Waals surface area contributed by atoms with Crippen molar-refractivity contribution in [2.75, 3.05) is 0 Å². The molecular weight excluding hydrogens is 351 g/mol. The lowest BCUT2D eigenvalue weighted by molar-refractivity contribution is 1.66. The smallest absolute Gasteiger partial charge is 0.0172 e. The molecule has 3 aromatic carbocycles. The van der Waals surface area contributed by atoms with E-state index in [1.54, 1.807) is 0 Å². The van der Waals surface area contributed by atoms with Crippen LogP contribution in [0.2, 0.25) is 0 Å². The molecule has 0 spiro atoms. The molecular formula is C24H21PS. The van der Waals surface area contributed by atoms with Crippen molar-refractivity contribution in [2.45, 2.75) is 0 Å². The highest BCUT2D eigenvalue weighted by atomic mass is 32.4. The van der Waals surface area contributed by atoms with Crippen molar-refractivity contribution in [1.29, 1.82) is 0 Å². The Morgan fingerprint density at radius 2 is 0.731 bits per heavy atom. The first-order valence-electron chi connectivity index (χ1n) is 8.56. The first kappa shape index (κ1) is 18.3. The number of benzene rings is 3. The van der Waals surface area contributed by atoms with Gasteiger partial charge in [-0.05, 0) is 34.1 Å². The van der Waals surface area contributed by atoms with Crippen molar-refractivity contribution in [1.82, 2.24) is 0 Å². The molecule has 26 heavy (non-hydrogen) atoms. The molecule has 0 bridgehead atoms. The number of hydrogen-bond acceptors (Lipinski definition) is 1. The molecule has 128 valence electrons. The summed E-state index contributed by atoms with van der Waals surface area (Å²) < 4.78 is 0. The fourth-order valence-corrected chi connectivity index (χ4v) is 4.51. The zero-order chi connectivity index (χ0) is 18.1. The van der Waals surface area contributed by atoms with E-state index in [0.29, 0.717) is 0 Å². The highest BCUT2D eigenvalue weighted by Crippen LogP contribution is 2.52. The summed E-state index contributed by atoms with van der Waals surface area (Å²) in [6, 6.07) is 29.0. The third-order valence-corrected chi connectivity index (χ3v) is 6.84. The van der Waals surface area contributed by atoms with Gasteiger partial charge in [-0.25, -0.2) is 0 Å². The summed E-state index contributed by atoms with van der Waals surface area (Å²) >= 11 is 6.05. The highest BCUT2D eigenvalue weighted by Gasteiger charge is 2.04. The van der Waals surface area contributed by atoms with E-state index in [0.717, 1.165) is 0 Å². The van der Waals surface area contributed by atoms with E-state index < -0.39 is 6.04 Å². The van der Waals surface area contributed by atoms with Gasteiger partial charge in [-0.1, -0.05) is 121 Å². The summed E-state index contributed by atoms with van der Waals surface area (Å²) in [6.45, 7) is 0. The third kappa shape index (κ3) is 5.81. The van der Waals surface area contributed by atoms with Crippen LogP contribution in [-0.4, -0.2) is 0 Å². The Morgan fingerprint density at radius 1 is 0.462 bits per heavy atom. The van der Waals surface area contributed by atoms with Crippen LogP contribution >= 0.6 is 6.04 Å². The highest BCUT2D eigenvalue weighted by molar-refractivity contribution is 8.19. The predicted octanol–water partition coefficient (Wildman–Crippen LogP) is 7.48. The molecule has 0 aliphatic rings. The zero-order valence-electron chi connectivity index (χ0n) is 14.5. The minimum absolute atomic E-state index is 1.17. The molecule has 0 heterocycles. The minimum Gasteiger partial charge on any atom is -0.0844 e. The molecule has 0 aliphatic carbocycles. The van der Waals surface area contributed by atoms with E-state index in [-0.39, 0.29) is 0 Å². The van der Waals surface area contributed by atoms with Gasteiger partial charge in [0.25, 0.3) is 0 Å². The first-order chi connectivity index (χ1) is 12.7. The van der Waals surface area contributed by atoms with Crippen LogP contribution in [0.5, 0.6) is 0 Å². The van der Waals surface area contributed by atoms with E-state index in [9.17, 15) is 0 Å². The van der Waals surface area contributed by atoms with Crippen molar-refractivity contribution < 1.29 is 0 Å². The number of rotatable bonds is 6. The normalized spacial score (nSPS) is 14.2. The predicted molar refractivity (Wildman–Crippen MR) is 121 cm³/mol. The van der Waals surface area contributed by atoms with Crippen molar-refractivity contribution in [3.05, 3.63) is 125 Å². The molecule has 0 fully saturated rings. The maximum atomic E-state index is 6.05. The SMILES string of the molecule is S=P(C=Cc1ccccc1)(C=Cc1ccccc1)C=Cc1ccccc1. The van der Waals surface area contributed by atoms with Gasteiger partial charge in [0.2, 0.25) is 0 Å². The molecule has 0 radical (unpaired) electrons. The molecule has 3 aromatic rings. The Kier molecular flexibility index (Phi) is 6.55. The largest absolute Gasteiger partial charge is 0.0844 e. The van der Waals surface area contributed by atoms with Crippen molar-refractivity contribution in [3.63, 3.8) is 0 Å². The monoisotopic (exact) mass is 372 g/mol. The lowest BCUT2D eigenvalue weighted by atomic mass is 10.2. The van der Waals surface area contributed by atoms with Crippen LogP contribution in [-0.2, 0) is 11.8 Å². The second-order valence-corrected chi connectivity index (χ2v) is 10.3. The maximum absolute atomic E-state index is 6.05. The molecule has 0 aromatic heterocycles. The molecule has 0 aliphatic heterocycles. The minimum atomic E-state index is -1.92. The van der Waals surface area contributed by atoms with Crippen molar-refractivity contribution in [3.8, 4) is 0 Å². The van der Waals surface area contributed by atoms with Crippen LogP contribution in [0, 0.1) is 0 Å². The Hall–Kier alpha value is -2.47. The Bertz CT molecular complexity index is 812. The van der Waals surface area contributed by atoms with Gasteiger partial charge >= 0.3 is 0 Å². The molecule has 0 saturated heterocycles. The average Bonchev–Trinajstić information content (AvgIpc) is 2.72. The molecule has 0 atom stereocenters. The van der Waals surface area contributed by atoms with Gasteiger partial charge in [0.15, 0.2) is 0 Å². The summed E-state index contributed by atoms with van der Waals surface area (Å²) in [5, 5.41) is 0. The molecule has 0 N–H and O–H groups in total. The van der Waals surface area contributed by atoms with Crippen LogP contribution in [0.25, 0.3) is 18.2 Å². The Labute approximate surface area is 161 Å². The standard InChI is InChI=1S/C24H21PS/c26-25(19-16-22-10-4-1-5-11-22,20-17-23-12-6-2-7-13-23)21-18-24-14-8-3-9-15-24/h1-21H. The summed E-state index contributed by atoms with van der Waals surface area (Å²) in [5.41, 5.74) is 3.51. The molecule has 0 nitrogen and oxygen atoms in total. The van der Waals surface area contributed by atoms with Gasteiger partial charge in [-0.3, -0.25) is 0 Å². The van der Waals surface area contributed by atoms with Gasteiger partial charge in [0, 0.05) is 6.04 Å². The first-order valence-corrected chi connectivity index (χ1v) is 11.6. The second-order valence-electron chi connectivity index (χ2n) is 5.94. The zero-order valence-corrected chi connectivity index (χ0v) is 16.2. The van der Waals surface area contributed by atoms with Gasteiger partial charge in [-0.15, -0.1) is 0 Å². The summed E-state index contributed by atoms with van der Waals surface area (Å²) in [7, 11) is 0. The molecule has 0 amide bonds. The van der Waals surface area contributed by atoms with Crippen LogP contribution in [0.4, 0.5) is 0 Å². The molecule has 0 unspecified atom stereocenters. The van der Waals surface area contributed by atoms with E-state index >= 15 is 0 Å². The van der Waals surface area contributed by atoms with E-state index in [2.05, 4.69) is 72.1 Å². The third-order valence-electron chi connectivity index (χ3n) is 3.90. The van der Waals surface area contributed by atoms with Gasteiger partial charge in [-0.2, -0.15) is 0 Å². The van der Waals surface area contributed by atoms with Gasteiger partial charge in [0.05, 0.1) is 0 Å². The molecule has 3 rings (SSSR count). The fourth-order valence-electron chi connectivity index (χ4n) is 2.45. The topological polar surface area (TPSA) is 0 Å². The van der Waals surface area contributed by atoms with Gasteiger partial charge < -0.3 is 0 Å². The van der Waals surface area contributed by atoms with Crippen LogP contribution in [0.3, 0.4) is 0 Å². The molecule has 2 heteroatoms. The number of hydrogen-bond donors (Lipinski definition) is 0. The van der Waals surface area contributed by atoms with E-state index in [1.807, 2.05) is 54.6 Å². The Morgan fingerprint density at radius 3 is 1.00 bits per heavy atom. The second kappa shape index (κ2) is 9.29. The summed E-state index contributed by atoms with van der Waals surface area (Å²) in [4.78, 5) is 0. The fraction of sp³-hybridized carbons (Fsp3) is 0.